The van der Waals surface area contributed by atoms with Gasteiger partial charge in [0.2, 0.25) is 0 Å². The first-order valence-corrected chi connectivity index (χ1v) is 9.93. The fraction of sp³-hybridized carbons (Fsp3) is 0.0833. The first kappa shape index (κ1) is 18.7. The summed E-state index contributed by atoms with van der Waals surface area (Å²) >= 11 is 0. The summed E-state index contributed by atoms with van der Waals surface area (Å²) in [5.41, 5.74) is 2.64. The molecule has 5 rings (SSSR count). The summed E-state index contributed by atoms with van der Waals surface area (Å²) in [6, 6.07) is 20.3. The van der Waals surface area contributed by atoms with Gasteiger partial charge in [0.25, 0.3) is 11.5 Å². The third-order valence-corrected chi connectivity index (χ3v) is 5.22. The molecule has 7 heteroatoms. The molecule has 3 aromatic heterocycles. The Hall–Kier alpha value is -4.26. The Morgan fingerprint density at radius 2 is 1.84 bits per heavy atom. The van der Waals surface area contributed by atoms with Crippen molar-refractivity contribution in [2.45, 2.75) is 13.1 Å². The summed E-state index contributed by atoms with van der Waals surface area (Å²) in [6.45, 7) is 0.458. The smallest absolute Gasteiger partial charge is 0.275 e. The van der Waals surface area contributed by atoms with E-state index < -0.39 is 0 Å². The summed E-state index contributed by atoms with van der Waals surface area (Å²) in [5, 5.41) is 9.81. The molecule has 5 aromatic rings. The van der Waals surface area contributed by atoms with Gasteiger partial charge in [-0.1, -0.05) is 30.3 Å². The maximum Gasteiger partial charge on any atom is 0.275 e. The minimum absolute atomic E-state index is 0.187. The van der Waals surface area contributed by atoms with Crippen molar-refractivity contribution in [3.8, 4) is 0 Å². The number of H-pyrrole nitrogens is 1. The molecule has 0 aliphatic carbocycles. The Balaban J connectivity index is 1.46. The van der Waals surface area contributed by atoms with Crippen molar-refractivity contribution in [2.24, 2.45) is 0 Å². The number of pyridine rings is 1. The molecule has 0 saturated heterocycles. The highest BCUT2D eigenvalue weighted by Gasteiger charge is 2.13. The van der Waals surface area contributed by atoms with Gasteiger partial charge in [-0.3, -0.25) is 14.6 Å². The second-order valence-electron chi connectivity index (χ2n) is 7.24. The van der Waals surface area contributed by atoms with Gasteiger partial charge < -0.3 is 10.3 Å². The van der Waals surface area contributed by atoms with Crippen LogP contribution in [0.3, 0.4) is 0 Å². The van der Waals surface area contributed by atoms with E-state index in [0.29, 0.717) is 16.6 Å². The van der Waals surface area contributed by atoms with Gasteiger partial charge in [-0.15, -0.1) is 0 Å². The van der Waals surface area contributed by atoms with Crippen molar-refractivity contribution in [1.82, 2.24) is 25.1 Å². The number of carbonyl (C=O) groups is 1. The highest BCUT2D eigenvalue weighted by Crippen LogP contribution is 2.16. The van der Waals surface area contributed by atoms with Crippen molar-refractivity contribution in [3.63, 3.8) is 0 Å². The van der Waals surface area contributed by atoms with E-state index in [4.69, 9.17) is 0 Å². The quantitative estimate of drug-likeness (QED) is 0.466. The van der Waals surface area contributed by atoms with Crippen molar-refractivity contribution in [2.75, 3.05) is 0 Å². The minimum Gasteiger partial charge on any atom is -0.361 e. The Labute approximate surface area is 177 Å². The molecular formula is C24H19N5O2. The zero-order valence-electron chi connectivity index (χ0n) is 16.6. The van der Waals surface area contributed by atoms with Crippen LogP contribution in [0.5, 0.6) is 0 Å². The highest BCUT2D eigenvalue weighted by atomic mass is 16.1. The van der Waals surface area contributed by atoms with Crippen molar-refractivity contribution in [1.29, 1.82) is 0 Å². The van der Waals surface area contributed by atoms with Crippen LogP contribution in [0.1, 0.15) is 21.7 Å². The van der Waals surface area contributed by atoms with Crippen LogP contribution < -0.4 is 10.9 Å². The summed E-state index contributed by atoms with van der Waals surface area (Å²) in [7, 11) is 0. The maximum absolute atomic E-state index is 12.9. The molecule has 0 atom stereocenters. The van der Waals surface area contributed by atoms with Crippen molar-refractivity contribution in [3.05, 3.63) is 106 Å². The van der Waals surface area contributed by atoms with Gasteiger partial charge in [0.05, 0.1) is 29.9 Å². The molecule has 7 nitrogen and oxygen atoms in total. The predicted molar refractivity (Wildman–Crippen MR) is 119 cm³/mol. The van der Waals surface area contributed by atoms with Gasteiger partial charge in [-0.05, 0) is 41.8 Å². The Bertz CT molecular complexity index is 1450. The molecule has 0 aliphatic heterocycles. The predicted octanol–water partition coefficient (Wildman–Crippen LogP) is 3.25. The molecule has 152 valence electrons. The van der Waals surface area contributed by atoms with Crippen LogP contribution in [0.15, 0.2) is 83.9 Å². The average molecular weight is 409 g/mol. The first-order chi connectivity index (χ1) is 15.2. The lowest BCUT2D eigenvalue weighted by molar-refractivity contribution is 0.0950. The number of aromatic amines is 1. The molecular weight excluding hydrogens is 390 g/mol. The van der Waals surface area contributed by atoms with Crippen LogP contribution >= 0.6 is 0 Å². The van der Waals surface area contributed by atoms with E-state index in [1.54, 1.807) is 18.3 Å². The molecule has 0 unspecified atom stereocenters. The van der Waals surface area contributed by atoms with E-state index in [1.165, 1.54) is 4.68 Å². The van der Waals surface area contributed by atoms with E-state index in [9.17, 15) is 9.59 Å². The van der Waals surface area contributed by atoms with Gasteiger partial charge in [0.15, 0.2) is 0 Å². The molecule has 3 heterocycles. The zero-order chi connectivity index (χ0) is 21.2. The van der Waals surface area contributed by atoms with Crippen LogP contribution in [0.2, 0.25) is 0 Å². The highest BCUT2D eigenvalue weighted by molar-refractivity contribution is 5.98. The van der Waals surface area contributed by atoms with Crippen LogP contribution in [0, 0.1) is 0 Å². The van der Waals surface area contributed by atoms with Gasteiger partial charge in [0, 0.05) is 28.9 Å². The second-order valence-corrected chi connectivity index (χ2v) is 7.24. The number of nitrogens with one attached hydrogen (secondary N) is 2. The second kappa shape index (κ2) is 7.87. The van der Waals surface area contributed by atoms with Gasteiger partial charge >= 0.3 is 0 Å². The lowest BCUT2D eigenvalue weighted by Gasteiger charge is -2.12. The third kappa shape index (κ3) is 3.69. The number of fused-ring (bicyclic) bond motifs is 2. The number of nitrogens with zero attached hydrogens (tertiary/aromatic N) is 3. The molecule has 0 saturated carbocycles. The maximum atomic E-state index is 12.9. The van der Waals surface area contributed by atoms with E-state index >= 15 is 0 Å². The van der Waals surface area contributed by atoms with Gasteiger partial charge in [0.1, 0.15) is 0 Å². The molecule has 0 fully saturated rings. The SMILES string of the molecule is O=C(NCc1nn(Cc2ccccn2)c(=O)c2ccccc12)c1ccc2cc[nH]c2c1. The topological polar surface area (TPSA) is 92.7 Å². The molecule has 1 amide bonds. The van der Waals surface area contributed by atoms with Crippen LogP contribution in [0.4, 0.5) is 0 Å². The van der Waals surface area contributed by atoms with Crippen LogP contribution in [0.25, 0.3) is 21.7 Å². The number of aromatic nitrogens is 4. The van der Waals surface area contributed by atoms with E-state index in [0.717, 1.165) is 22.0 Å². The van der Waals surface area contributed by atoms with Gasteiger partial charge in [-0.25, -0.2) is 4.68 Å². The molecule has 2 aromatic carbocycles. The number of carbonyl (C=O) groups excluding carboxylic acids is 1. The largest absolute Gasteiger partial charge is 0.361 e. The lowest BCUT2D eigenvalue weighted by atomic mass is 10.1. The number of rotatable bonds is 5. The Kier molecular flexibility index (Phi) is 4.76. The third-order valence-electron chi connectivity index (χ3n) is 5.22. The van der Waals surface area contributed by atoms with Crippen LogP contribution in [-0.4, -0.2) is 25.7 Å². The molecule has 0 bridgehead atoms. The van der Waals surface area contributed by atoms with E-state index in [-0.39, 0.29) is 24.6 Å². The standard InChI is InChI=1S/C24H19N5O2/c30-23(17-9-8-16-10-12-26-21(16)13-17)27-14-22-19-6-1-2-7-20(19)24(31)29(28-22)15-18-5-3-4-11-25-18/h1-13,26H,14-15H2,(H,27,30). The Morgan fingerprint density at radius 1 is 1.00 bits per heavy atom. The first-order valence-electron chi connectivity index (χ1n) is 9.93. The molecule has 2 N–H and O–H groups in total. The molecule has 0 spiro atoms. The number of amides is 1. The molecule has 0 aliphatic rings. The summed E-state index contributed by atoms with van der Waals surface area (Å²) in [4.78, 5) is 33.1. The average Bonchev–Trinajstić information content (AvgIpc) is 3.28. The Morgan fingerprint density at radius 3 is 2.68 bits per heavy atom. The summed E-state index contributed by atoms with van der Waals surface area (Å²) < 4.78 is 1.40. The van der Waals surface area contributed by atoms with Gasteiger partial charge in [-0.2, -0.15) is 5.10 Å². The number of hydrogen-bond acceptors (Lipinski definition) is 4. The van der Waals surface area contributed by atoms with Crippen molar-refractivity contribution >= 4 is 27.6 Å². The minimum atomic E-state index is -0.204. The lowest BCUT2D eigenvalue weighted by Crippen LogP contribution is -2.29. The number of hydrogen-bond donors (Lipinski definition) is 2. The van der Waals surface area contributed by atoms with Crippen molar-refractivity contribution < 1.29 is 4.79 Å². The zero-order valence-corrected chi connectivity index (χ0v) is 16.6. The summed E-state index contributed by atoms with van der Waals surface area (Å²) in [6.07, 6.45) is 3.52. The fourth-order valence-corrected chi connectivity index (χ4v) is 3.64. The van der Waals surface area contributed by atoms with Crippen LogP contribution in [-0.2, 0) is 13.1 Å². The molecule has 0 radical (unpaired) electrons. The molecule has 31 heavy (non-hydrogen) atoms. The fourth-order valence-electron chi connectivity index (χ4n) is 3.64. The summed E-state index contributed by atoms with van der Waals surface area (Å²) in [5.74, 6) is -0.204. The van der Waals surface area contributed by atoms with E-state index in [2.05, 4.69) is 20.4 Å². The van der Waals surface area contributed by atoms with E-state index in [1.807, 2.05) is 60.8 Å². The number of benzene rings is 2. The monoisotopic (exact) mass is 409 g/mol. The normalized spacial score (nSPS) is 11.1.